The summed E-state index contributed by atoms with van der Waals surface area (Å²) >= 11 is 2.68. The van der Waals surface area contributed by atoms with E-state index in [-0.39, 0.29) is 10.3 Å². The Labute approximate surface area is 60.5 Å². The lowest BCUT2D eigenvalue weighted by molar-refractivity contribution is -0.132. The van der Waals surface area contributed by atoms with Crippen molar-refractivity contribution in [3.05, 3.63) is 10.6 Å². The van der Waals surface area contributed by atoms with E-state index in [2.05, 4.69) is 15.9 Å². The standard InChI is InChI=1S/C5H5BrO3/c1-3(7)2-4(6)5(8)9/h2H,1H3,(H,8,9)/b4-2-. The van der Waals surface area contributed by atoms with E-state index in [4.69, 9.17) is 5.11 Å². The number of halogens is 1. The van der Waals surface area contributed by atoms with Gasteiger partial charge in [-0.25, -0.2) is 4.79 Å². The number of carbonyl (C=O) groups excluding carboxylic acids is 1. The van der Waals surface area contributed by atoms with Gasteiger partial charge in [0, 0.05) is 6.08 Å². The minimum Gasteiger partial charge on any atom is -0.477 e. The van der Waals surface area contributed by atoms with E-state index in [1.165, 1.54) is 6.92 Å². The highest BCUT2D eigenvalue weighted by Crippen LogP contribution is 2.03. The highest BCUT2D eigenvalue weighted by molar-refractivity contribution is 9.12. The first-order chi connectivity index (χ1) is 4.04. The summed E-state index contributed by atoms with van der Waals surface area (Å²) in [6, 6.07) is 0. The molecule has 0 aromatic rings. The van der Waals surface area contributed by atoms with E-state index in [0.717, 1.165) is 6.08 Å². The van der Waals surface area contributed by atoms with Gasteiger partial charge in [0.2, 0.25) is 0 Å². The number of hydrogen-bond donors (Lipinski definition) is 1. The fourth-order valence-corrected chi connectivity index (χ4v) is 0.563. The topological polar surface area (TPSA) is 54.4 Å². The van der Waals surface area contributed by atoms with Crippen LogP contribution in [0.15, 0.2) is 10.6 Å². The largest absolute Gasteiger partial charge is 0.477 e. The van der Waals surface area contributed by atoms with Gasteiger partial charge in [0.25, 0.3) is 0 Å². The number of carboxylic acid groups (broad SMARTS) is 1. The molecule has 0 aliphatic rings. The van der Waals surface area contributed by atoms with Crippen LogP contribution in [0.3, 0.4) is 0 Å². The molecule has 50 valence electrons. The van der Waals surface area contributed by atoms with Crippen LogP contribution in [-0.2, 0) is 9.59 Å². The van der Waals surface area contributed by atoms with E-state index >= 15 is 0 Å². The predicted molar refractivity (Wildman–Crippen MR) is 35.3 cm³/mol. The van der Waals surface area contributed by atoms with Gasteiger partial charge in [-0.15, -0.1) is 0 Å². The Bertz CT molecular complexity index is 171. The van der Waals surface area contributed by atoms with Crippen LogP contribution in [0.1, 0.15) is 6.92 Å². The number of aliphatic carboxylic acids is 1. The molecule has 0 atom stereocenters. The van der Waals surface area contributed by atoms with Crippen molar-refractivity contribution < 1.29 is 14.7 Å². The average Bonchev–Trinajstić information content (AvgIpc) is 1.63. The lowest BCUT2D eigenvalue weighted by Gasteiger charge is -1.84. The Morgan fingerprint density at radius 3 is 2.11 bits per heavy atom. The van der Waals surface area contributed by atoms with Crippen LogP contribution in [0.4, 0.5) is 0 Å². The molecule has 4 heteroatoms. The van der Waals surface area contributed by atoms with Crippen molar-refractivity contribution in [3.63, 3.8) is 0 Å². The molecule has 0 aromatic carbocycles. The number of hydrogen-bond acceptors (Lipinski definition) is 2. The Hall–Kier alpha value is -0.640. The summed E-state index contributed by atoms with van der Waals surface area (Å²) in [4.78, 5) is 20.2. The maximum absolute atomic E-state index is 10.2. The summed E-state index contributed by atoms with van der Waals surface area (Å²) in [6.45, 7) is 1.28. The minimum absolute atomic E-state index is 0.116. The number of ketones is 1. The van der Waals surface area contributed by atoms with Crippen LogP contribution < -0.4 is 0 Å². The third-order valence-corrected chi connectivity index (χ3v) is 1.10. The summed E-state index contributed by atoms with van der Waals surface area (Å²) in [7, 11) is 0. The summed E-state index contributed by atoms with van der Waals surface area (Å²) in [5, 5.41) is 8.16. The zero-order valence-electron chi connectivity index (χ0n) is 4.72. The third kappa shape index (κ3) is 3.90. The molecule has 0 saturated heterocycles. The van der Waals surface area contributed by atoms with Crippen molar-refractivity contribution >= 4 is 27.7 Å². The monoisotopic (exact) mass is 192 g/mol. The van der Waals surface area contributed by atoms with Crippen LogP contribution in [0.5, 0.6) is 0 Å². The van der Waals surface area contributed by atoms with Gasteiger partial charge in [-0.1, -0.05) is 0 Å². The lowest BCUT2D eigenvalue weighted by atomic mass is 10.4. The molecule has 0 rings (SSSR count). The highest BCUT2D eigenvalue weighted by atomic mass is 79.9. The molecule has 0 radical (unpaired) electrons. The van der Waals surface area contributed by atoms with Gasteiger partial charge in [-0.05, 0) is 22.9 Å². The van der Waals surface area contributed by atoms with Gasteiger partial charge in [0.15, 0.2) is 5.78 Å². The van der Waals surface area contributed by atoms with Crippen LogP contribution in [0, 0.1) is 0 Å². The normalized spacial score (nSPS) is 11.1. The molecule has 1 N–H and O–H groups in total. The van der Waals surface area contributed by atoms with Crippen molar-refractivity contribution in [3.8, 4) is 0 Å². The van der Waals surface area contributed by atoms with Gasteiger partial charge >= 0.3 is 5.97 Å². The highest BCUT2D eigenvalue weighted by Gasteiger charge is 2.01. The Morgan fingerprint density at radius 2 is 2.00 bits per heavy atom. The zero-order valence-corrected chi connectivity index (χ0v) is 6.31. The molecule has 9 heavy (non-hydrogen) atoms. The van der Waals surface area contributed by atoms with Crippen LogP contribution >= 0.6 is 15.9 Å². The summed E-state index contributed by atoms with van der Waals surface area (Å²) < 4.78 is -0.116. The smallest absolute Gasteiger partial charge is 0.342 e. The summed E-state index contributed by atoms with van der Waals surface area (Å²) in [6.07, 6.45) is 1.00. The second kappa shape index (κ2) is 3.40. The first kappa shape index (κ1) is 8.36. The molecule has 0 fully saturated rings. The van der Waals surface area contributed by atoms with Crippen molar-refractivity contribution in [2.75, 3.05) is 0 Å². The molecule has 0 amide bonds. The van der Waals surface area contributed by atoms with Gasteiger partial charge in [-0.2, -0.15) is 0 Å². The van der Waals surface area contributed by atoms with E-state index in [1.807, 2.05) is 0 Å². The van der Waals surface area contributed by atoms with Crippen LogP contribution in [0.2, 0.25) is 0 Å². The fourth-order valence-electron chi connectivity index (χ4n) is 0.240. The van der Waals surface area contributed by atoms with Crippen molar-refractivity contribution in [2.45, 2.75) is 6.92 Å². The van der Waals surface area contributed by atoms with E-state index in [1.54, 1.807) is 0 Å². The number of carboxylic acids is 1. The van der Waals surface area contributed by atoms with E-state index in [9.17, 15) is 9.59 Å². The van der Waals surface area contributed by atoms with Gasteiger partial charge < -0.3 is 5.11 Å². The first-order valence-corrected chi connectivity index (χ1v) is 2.94. The second-order valence-corrected chi connectivity index (χ2v) is 2.26. The Morgan fingerprint density at radius 1 is 1.56 bits per heavy atom. The molecule has 0 aromatic heterocycles. The van der Waals surface area contributed by atoms with Gasteiger partial charge in [-0.3, -0.25) is 4.79 Å². The average molecular weight is 193 g/mol. The molecule has 0 aliphatic carbocycles. The molecule has 0 unspecified atom stereocenters. The fraction of sp³-hybridized carbons (Fsp3) is 0.200. The maximum atomic E-state index is 10.2. The summed E-state index contributed by atoms with van der Waals surface area (Å²) in [5.74, 6) is -1.42. The third-order valence-electron chi connectivity index (χ3n) is 0.534. The van der Waals surface area contributed by atoms with Crippen LogP contribution in [-0.4, -0.2) is 16.9 Å². The van der Waals surface area contributed by atoms with E-state index < -0.39 is 5.97 Å². The SMILES string of the molecule is CC(=O)/C=C(\Br)C(=O)O. The van der Waals surface area contributed by atoms with E-state index in [0.29, 0.717) is 0 Å². The molecule has 0 bridgehead atoms. The number of rotatable bonds is 2. The van der Waals surface area contributed by atoms with Crippen molar-refractivity contribution in [2.24, 2.45) is 0 Å². The molecular weight excluding hydrogens is 188 g/mol. The van der Waals surface area contributed by atoms with Crippen molar-refractivity contribution in [1.29, 1.82) is 0 Å². The maximum Gasteiger partial charge on any atom is 0.342 e. The van der Waals surface area contributed by atoms with Gasteiger partial charge in [0.1, 0.15) is 4.48 Å². The zero-order chi connectivity index (χ0) is 7.44. The quantitative estimate of drug-likeness (QED) is 0.663. The molecular formula is C5H5BrO3. The Kier molecular flexibility index (Phi) is 3.16. The number of carbonyl (C=O) groups is 2. The molecule has 0 spiro atoms. The number of allylic oxidation sites excluding steroid dienone is 1. The predicted octanol–water partition coefficient (Wildman–Crippen LogP) is 0.939. The van der Waals surface area contributed by atoms with Crippen molar-refractivity contribution in [1.82, 2.24) is 0 Å². The van der Waals surface area contributed by atoms with Crippen LogP contribution in [0.25, 0.3) is 0 Å². The first-order valence-electron chi connectivity index (χ1n) is 2.15. The van der Waals surface area contributed by atoms with Gasteiger partial charge in [0.05, 0.1) is 0 Å². The molecule has 0 saturated carbocycles. The molecule has 3 nitrogen and oxygen atoms in total. The minimum atomic E-state index is -1.13. The lowest BCUT2D eigenvalue weighted by Crippen LogP contribution is -1.95. The molecule has 0 aliphatic heterocycles. The molecule has 0 heterocycles. The summed E-state index contributed by atoms with van der Waals surface area (Å²) in [5.41, 5.74) is 0. The second-order valence-electron chi connectivity index (χ2n) is 1.41. The Balaban J connectivity index is 4.17.